The standard InChI is InChI=1S/C12H22O10/c1-3-5(14)7(16)9(18)11(20-3)22-12-10(19)8(17)6(15)4(2-13)21-12/h3-19H,2H2,1H3/t3-,4-,5-,6+,7+,8+,9+,10-,11?,12?/m1/s1. The van der Waals surface area contributed by atoms with Crippen molar-refractivity contribution in [3.05, 3.63) is 0 Å². The summed E-state index contributed by atoms with van der Waals surface area (Å²) in [5.74, 6) is 0. The van der Waals surface area contributed by atoms with Crippen molar-refractivity contribution in [3.63, 3.8) is 0 Å². The molecule has 2 rings (SSSR count). The Morgan fingerprint density at radius 1 is 0.727 bits per heavy atom. The Labute approximate surface area is 126 Å². The van der Waals surface area contributed by atoms with E-state index in [9.17, 15) is 30.6 Å². The van der Waals surface area contributed by atoms with Gasteiger partial charge in [0, 0.05) is 0 Å². The Bertz CT molecular complexity index is 366. The van der Waals surface area contributed by atoms with Gasteiger partial charge in [0.1, 0.15) is 42.7 Å². The molecule has 0 saturated carbocycles. The number of ether oxygens (including phenoxy) is 3. The van der Waals surface area contributed by atoms with Crippen LogP contribution in [0.5, 0.6) is 0 Å². The van der Waals surface area contributed by atoms with Crippen LogP contribution in [0.2, 0.25) is 0 Å². The third kappa shape index (κ3) is 3.26. The lowest BCUT2D eigenvalue weighted by atomic mass is 9.98. The summed E-state index contributed by atoms with van der Waals surface area (Å²) in [4.78, 5) is 0. The monoisotopic (exact) mass is 326 g/mol. The van der Waals surface area contributed by atoms with E-state index in [1.807, 2.05) is 0 Å². The summed E-state index contributed by atoms with van der Waals surface area (Å²) in [6.07, 6.45) is -14.3. The molecule has 2 fully saturated rings. The Morgan fingerprint density at radius 3 is 1.77 bits per heavy atom. The Balaban J connectivity index is 2.05. The summed E-state index contributed by atoms with van der Waals surface area (Å²) >= 11 is 0. The predicted molar refractivity (Wildman–Crippen MR) is 67.2 cm³/mol. The highest BCUT2D eigenvalue weighted by Crippen LogP contribution is 2.27. The first kappa shape index (κ1) is 17.9. The highest BCUT2D eigenvalue weighted by molar-refractivity contribution is 4.91. The summed E-state index contributed by atoms with van der Waals surface area (Å²) in [5.41, 5.74) is 0. The maximum atomic E-state index is 9.83. The van der Waals surface area contributed by atoms with Crippen LogP contribution in [-0.2, 0) is 14.2 Å². The van der Waals surface area contributed by atoms with E-state index in [4.69, 9.17) is 19.3 Å². The molecule has 2 heterocycles. The molecule has 0 amide bonds. The molecule has 130 valence electrons. The molecule has 7 N–H and O–H groups in total. The van der Waals surface area contributed by atoms with Gasteiger partial charge in [0.15, 0.2) is 12.6 Å². The van der Waals surface area contributed by atoms with E-state index < -0.39 is 68.0 Å². The fraction of sp³-hybridized carbons (Fsp3) is 1.00. The Hall–Kier alpha value is -0.400. The van der Waals surface area contributed by atoms with E-state index in [1.165, 1.54) is 6.92 Å². The average molecular weight is 326 g/mol. The lowest BCUT2D eigenvalue weighted by Crippen LogP contribution is -2.63. The molecule has 0 aromatic rings. The van der Waals surface area contributed by atoms with E-state index in [2.05, 4.69) is 0 Å². The second-order valence-corrected chi connectivity index (χ2v) is 5.51. The van der Waals surface area contributed by atoms with Crippen LogP contribution < -0.4 is 0 Å². The van der Waals surface area contributed by atoms with E-state index >= 15 is 0 Å². The van der Waals surface area contributed by atoms with Crippen LogP contribution in [0.15, 0.2) is 0 Å². The van der Waals surface area contributed by atoms with Crippen molar-refractivity contribution in [1.29, 1.82) is 0 Å². The summed E-state index contributed by atoms with van der Waals surface area (Å²) in [7, 11) is 0. The number of hydrogen-bond acceptors (Lipinski definition) is 10. The minimum atomic E-state index is -1.66. The summed E-state index contributed by atoms with van der Waals surface area (Å²) in [6.45, 7) is 0.819. The molecule has 10 atom stereocenters. The molecule has 2 saturated heterocycles. The SMILES string of the molecule is C[C@H]1OC(OC2O[C@H](CO)[C@H](O)[C@H](O)[C@H]2O)[C@@H](O)[C@@H](O)[C@@H]1O. The molecule has 0 aliphatic carbocycles. The van der Waals surface area contributed by atoms with Gasteiger partial charge in [-0.2, -0.15) is 0 Å². The minimum absolute atomic E-state index is 0.628. The Kier molecular flexibility index (Phi) is 5.72. The van der Waals surface area contributed by atoms with Crippen LogP contribution in [-0.4, -0.2) is 104 Å². The zero-order valence-corrected chi connectivity index (χ0v) is 11.8. The molecule has 0 aromatic carbocycles. The van der Waals surface area contributed by atoms with Crippen molar-refractivity contribution in [1.82, 2.24) is 0 Å². The van der Waals surface area contributed by atoms with Gasteiger partial charge < -0.3 is 50.0 Å². The van der Waals surface area contributed by atoms with Crippen molar-refractivity contribution < 1.29 is 50.0 Å². The van der Waals surface area contributed by atoms with Gasteiger partial charge >= 0.3 is 0 Å². The number of rotatable bonds is 3. The van der Waals surface area contributed by atoms with E-state index in [1.54, 1.807) is 0 Å². The maximum absolute atomic E-state index is 9.83. The Morgan fingerprint density at radius 2 is 1.23 bits per heavy atom. The molecule has 0 bridgehead atoms. The fourth-order valence-corrected chi connectivity index (χ4v) is 2.44. The van der Waals surface area contributed by atoms with Crippen molar-refractivity contribution in [2.45, 2.75) is 68.3 Å². The van der Waals surface area contributed by atoms with E-state index in [0.717, 1.165) is 0 Å². The fourth-order valence-electron chi connectivity index (χ4n) is 2.44. The van der Waals surface area contributed by atoms with Crippen molar-refractivity contribution in [3.8, 4) is 0 Å². The first-order chi connectivity index (χ1) is 10.3. The average Bonchev–Trinajstić information content (AvgIpc) is 2.50. The number of aliphatic hydroxyl groups is 7. The summed E-state index contributed by atoms with van der Waals surface area (Å²) in [5, 5.41) is 67.3. The molecule has 10 nitrogen and oxygen atoms in total. The van der Waals surface area contributed by atoms with E-state index in [0.29, 0.717) is 0 Å². The van der Waals surface area contributed by atoms with Crippen molar-refractivity contribution >= 4 is 0 Å². The molecule has 0 radical (unpaired) electrons. The van der Waals surface area contributed by atoms with Gasteiger partial charge in [-0.15, -0.1) is 0 Å². The normalized spacial score (nSPS) is 53.5. The number of aliphatic hydroxyl groups excluding tert-OH is 7. The van der Waals surface area contributed by atoms with Crippen LogP contribution >= 0.6 is 0 Å². The topological polar surface area (TPSA) is 169 Å². The smallest absolute Gasteiger partial charge is 0.189 e. The zero-order valence-electron chi connectivity index (χ0n) is 11.8. The molecule has 0 spiro atoms. The van der Waals surface area contributed by atoms with Crippen LogP contribution in [0, 0.1) is 0 Å². The summed E-state index contributed by atoms with van der Waals surface area (Å²) < 4.78 is 15.5. The van der Waals surface area contributed by atoms with Crippen LogP contribution in [0.4, 0.5) is 0 Å². The molecule has 2 unspecified atom stereocenters. The first-order valence-electron chi connectivity index (χ1n) is 6.93. The van der Waals surface area contributed by atoms with Crippen LogP contribution in [0.1, 0.15) is 6.92 Å². The highest BCUT2D eigenvalue weighted by Gasteiger charge is 2.48. The van der Waals surface area contributed by atoms with Crippen LogP contribution in [0.25, 0.3) is 0 Å². The second kappa shape index (κ2) is 7.01. The van der Waals surface area contributed by atoms with Gasteiger partial charge in [-0.25, -0.2) is 0 Å². The predicted octanol–water partition coefficient (Wildman–Crippen LogP) is -4.37. The van der Waals surface area contributed by atoms with Gasteiger partial charge in [-0.05, 0) is 6.92 Å². The van der Waals surface area contributed by atoms with E-state index in [-0.39, 0.29) is 0 Å². The maximum Gasteiger partial charge on any atom is 0.189 e. The zero-order chi connectivity index (χ0) is 16.6. The third-order valence-corrected chi connectivity index (χ3v) is 3.93. The lowest BCUT2D eigenvalue weighted by Gasteiger charge is -2.44. The van der Waals surface area contributed by atoms with Crippen molar-refractivity contribution in [2.24, 2.45) is 0 Å². The molecule has 2 aliphatic rings. The largest absolute Gasteiger partial charge is 0.394 e. The summed E-state index contributed by atoms with van der Waals surface area (Å²) in [6, 6.07) is 0. The first-order valence-corrected chi connectivity index (χ1v) is 6.93. The molecule has 22 heavy (non-hydrogen) atoms. The van der Waals surface area contributed by atoms with Gasteiger partial charge in [0.2, 0.25) is 0 Å². The molecular weight excluding hydrogens is 304 g/mol. The van der Waals surface area contributed by atoms with Crippen molar-refractivity contribution in [2.75, 3.05) is 6.61 Å². The van der Waals surface area contributed by atoms with Gasteiger partial charge in [-0.1, -0.05) is 0 Å². The van der Waals surface area contributed by atoms with Gasteiger partial charge in [-0.3, -0.25) is 0 Å². The molecule has 0 aromatic heterocycles. The molecular formula is C12H22O10. The van der Waals surface area contributed by atoms with Gasteiger partial charge in [0.05, 0.1) is 12.7 Å². The minimum Gasteiger partial charge on any atom is -0.394 e. The third-order valence-electron chi connectivity index (χ3n) is 3.93. The highest BCUT2D eigenvalue weighted by atomic mass is 16.8. The molecule has 10 heteroatoms. The second-order valence-electron chi connectivity index (χ2n) is 5.51. The lowest BCUT2D eigenvalue weighted by molar-refractivity contribution is -0.373. The quantitative estimate of drug-likeness (QED) is 0.269. The van der Waals surface area contributed by atoms with Crippen LogP contribution in [0.3, 0.4) is 0 Å². The number of hydrogen-bond donors (Lipinski definition) is 7. The molecule has 2 aliphatic heterocycles. The van der Waals surface area contributed by atoms with Gasteiger partial charge in [0.25, 0.3) is 0 Å².